The minimum Gasteiger partial charge on any atom is -0.726 e. The summed E-state index contributed by atoms with van der Waals surface area (Å²) in [6, 6.07) is 0. The molecule has 7 rings (SSSR count). The normalized spacial score (nSPS) is 48.8. The van der Waals surface area contributed by atoms with Crippen molar-refractivity contribution in [2.24, 2.45) is 34.5 Å². The molecule has 3 heterocycles. The van der Waals surface area contributed by atoms with Crippen molar-refractivity contribution in [3.8, 4) is 0 Å². The first-order chi connectivity index (χ1) is 29.6. The number of esters is 1. The summed E-state index contributed by atoms with van der Waals surface area (Å²) >= 11 is 0. The monoisotopic (exact) mass is 944 g/mol. The Morgan fingerprint density at radius 2 is 1.58 bits per heavy atom. The van der Waals surface area contributed by atoms with Crippen LogP contribution in [0.5, 0.6) is 0 Å². The van der Waals surface area contributed by atoms with Gasteiger partial charge in [-0.1, -0.05) is 25.5 Å². The number of carbonyl (C=O) groups is 1. The van der Waals surface area contributed by atoms with E-state index in [4.69, 9.17) is 42.6 Å². The van der Waals surface area contributed by atoms with E-state index in [1.807, 2.05) is 6.92 Å². The Balaban J connectivity index is 0.00000680. The number of rotatable bonds is 13. The van der Waals surface area contributed by atoms with E-state index in [0.29, 0.717) is 18.8 Å². The minimum absolute atomic E-state index is 0. The van der Waals surface area contributed by atoms with E-state index >= 15 is 0 Å². The van der Waals surface area contributed by atoms with Gasteiger partial charge in [0.1, 0.15) is 42.7 Å². The molecule has 3 aliphatic heterocycles. The van der Waals surface area contributed by atoms with Crippen LogP contribution < -0.4 is 29.6 Å². The van der Waals surface area contributed by atoms with Crippen molar-refractivity contribution in [1.82, 2.24) is 0 Å². The van der Waals surface area contributed by atoms with E-state index in [0.717, 1.165) is 38.5 Å². The molecule has 0 aromatic heterocycles. The molecular formula is C43H69NaO19S. The smallest absolute Gasteiger partial charge is 0.726 e. The Labute approximate surface area is 398 Å². The van der Waals surface area contributed by atoms with Gasteiger partial charge in [-0.25, -0.2) is 8.42 Å². The molecule has 362 valence electrons. The quantitative estimate of drug-likeness (QED) is 0.0448. The molecule has 7 aliphatic rings. The molecule has 0 amide bonds. The van der Waals surface area contributed by atoms with Gasteiger partial charge in [0, 0.05) is 33.5 Å². The van der Waals surface area contributed by atoms with Crippen molar-refractivity contribution < 1.29 is 120 Å². The summed E-state index contributed by atoms with van der Waals surface area (Å²) in [4.78, 5) is 12.0. The number of carbonyl (C=O) groups excluding carboxylic acids is 1. The third-order valence-electron chi connectivity index (χ3n) is 15.9. The van der Waals surface area contributed by atoms with Crippen molar-refractivity contribution in [3.63, 3.8) is 0 Å². The maximum absolute atomic E-state index is 12.0. The van der Waals surface area contributed by atoms with E-state index in [2.05, 4.69) is 24.1 Å². The van der Waals surface area contributed by atoms with E-state index in [1.165, 1.54) is 19.6 Å². The minimum atomic E-state index is -5.12. The van der Waals surface area contributed by atoms with Gasteiger partial charge in [0.2, 0.25) is 10.4 Å². The van der Waals surface area contributed by atoms with Gasteiger partial charge in [-0.05, 0) is 94.3 Å². The second-order valence-electron chi connectivity index (χ2n) is 19.5. The molecule has 6 fully saturated rings. The number of methoxy groups -OCH3 is 2. The Kier molecular flexibility index (Phi) is 17.3. The fourth-order valence-corrected chi connectivity index (χ4v) is 13.1. The Hall–Kier alpha value is -0.440. The topological polar surface area (TPSA) is 268 Å². The standard InChI is InChI=1S/C43H70O19S.Na/c1-19(44)32-28(60-40-36(49)35(48)34(47)30(61-40)18-55-63(50,51)52)16-27-25-10-9-23-15-24(11-13-42(23,5)26(25)12-14-43(27,32)6)59-31-17-29(53-7)37(21(3)56-31)62-41-39(58-22(4)45)38(54-8)33(46)20(2)57-41;/h9,19-21,24-41,44,46-49H,10-18H2,1-8H3,(H,50,51,52);/q;+1/p-1/t19?,20-,21-,24+,25-,26+,27+,28-,29+,30-,31+,32+,33+,34-,35+,36-,37-,38+,39-,40-,41+,42+,43+;/m1./s1. The fraction of sp³-hybridized carbons (Fsp3) is 0.930. The van der Waals surface area contributed by atoms with Crippen LogP contribution in [0.1, 0.15) is 92.9 Å². The van der Waals surface area contributed by atoms with Crippen LogP contribution in [0.4, 0.5) is 0 Å². The fourth-order valence-electron chi connectivity index (χ4n) is 12.8. The van der Waals surface area contributed by atoms with Crippen LogP contribution >= 0.6 is 0 Å². The molecule has 21 heteroatoms. The van der Waals surface area contributed by atoms with Gasteiger partial charge in [-0.15, -0.1) is 0 Å². The van der Waals surface area contributed by atoms with E-state index in [1.54, 1.807) is 21.0 Å². The van der Waals surface area contributed by atoms with Gasteiger partial charge in [-0.2, -0.15) is 0 Å². The first-order valence-electron chi connectivity index (χ1n) is 22.5. The van der Waals surface area contributed by atoms with E-state index in [-0.39, 0.29) is 64.2 Å². The summed E-state index contributed by atoms with van der Waals surface area (Å²) in [6.07, 6.45) is -8.01. The van der Waals surface area contributed by atoms with Crippen LogP contribution in [-0.2, 0) is 62.0 Å². The molecule has 0 spiro atoms. The molecule has 4 aliphatic carbocycles. The molecular weight excluding hydrogens is 876 g/mol. The number of fused-ring (bicyclic) bond motifs is 5. The van der Waals surface area contributed by atoms with Crippen molar-refractivity contribution in [2.75, 3.05) is 20.8 Å². The zero-order valence-electron chi connectivity index (χ0n) is 38.4. The summed E-state index contributed by atoms with van der Waals surface area (Å²) < 4.78 is 92.3. The summed E-state index contributed by atoms with van der Waals surface area (Å²) in [5.41, 5.74) is 0.951. The van der Waals surface area contributed by atoms with Crippen LogP contribution in [0.2, 0.25) is 0 Å². The number of aliphatic hydroxyl groups excluding tert-OH is 5. The predicted octanol–water partition coefficient (Wildman–Crippen LogP) is -1.80. The van der Waals surface area contributed by atoms with Gasteiger partial charge < -0.3 is 72.7 Å². The number of aliphatic hydroxyl groups is 5. The molecule has 19 nitrogen and oxygen atoms in total. The number of allylic oxidation sites excluding steroid dienone is 1. The second-order valence-corrected chi connectivity index (χ2v) is 20.6. The van der Waals surface area contributed by atoms with Crippen LogP contribution in [0.25, 0.3) is 0 Å². The van der Waals surface area contributed by atoms with Gasteiger partial charge >= 0.3 is 35.5 Å². The number of ether oxygens (including phenoxy) is 9. The third-order valence-corrected chi connectivity index (χ3v) is 16.3. The van der Waals surface area contributed by atoms with Crippen LogP contribution in [0, 0.1) is 34.5 Å². The maximum Gasteiger partial charge on any atom is 1.00 e. The molecule has 3 saturated carbocycles. The zero-order chi connectivity index (χ0) is 45.9. The van der Waals surface area contributed by atoms with E-state index in [9.17, 15) is 43.3 Å². The van der Waals surface area contributed by atoms with Crippen molar-refractivity contribution >= 4 is 16.4 Å². The summed E-state index contributed by atoms with van der Waals surface area (Å²) in [5.74, 6) is -0.150. The first kappa shape index (κ1) is 52.9. The molecule has 23 atom stereocenters. The predicted molar refractivity (Wildman–Crippen MR) is 216 cm³/mol. The van der Waals surface area contributed by atoms with Crippen LogP contribution in [-0.4, -0.2) is 170 Å². The van der Waals surface area contributed by atoms with Gasteiger partial charge in [-0.3, -0.25) is 8.98 Å². The Morgan fingerprint density at radius 1 is 0.859 bits per heavy atom. The van der Waals surface area contributed by atoms with E-state index < -0.39 is 121 Å². The average molecular weight is 945 g/mol. The van der Waals surface area contributed by atoms with Crippen molar-refractivity contribution in [2.45, 2.75) is 197 Å². The van der Waals surface area contributed by atoms with Crippen molar-refractivity contribution in [3.05, 3.63) is 11.6 Å². The average Bonchev–Trinajstić information content (AvgIpc) is 3.52. The Bertz CT molecular complexity index is 1740. The summed E-state index contributed by atoms with van der Waals surface area (Å²) in [7, 11) is -2.10. The van der Waals surface area contributed by atoms with Gasteiger partial charge in [0.05, 0.1) is 43.2 Å². The molecule has 3 saturated heterocycles. The molecule has 0 radical (unpaired) electrons. The Morgan fingerprint density at radius 3 is 2.22 bits per heavy atom. The van der Waals surface area contributed by atoms with Crippen molar-refractivity contribution in [1.29, 1.82) is 0 Å². The van der Waals surface area contributed by atoms with Crippen LogP contribution in [0.3, 0.4) is 0 Å². The first-order valence-corrected chi connectivity index (χ1v) is 23.8. The summed E-state index contributed by atoms with van der Waals surface area (Å²) in [5, 5.41) is 54.0. The second kappa shape index (κ2) is 20.9. The van der Waals surface area contributed by atoms with Gasteiger partial charge in [0.25, 0.3) is 0 Å². The molecule has 0 aromatic rings. The molecule has 0 aromatic carbocycles. The molecule has 1 unspecified atom stereocenters. The largest absolute Gasteiger partial charge is 1.00 e. The summed E-state index contributed by atoms with van der Waals surface area (Å²) in [6.45, 7) is 10.2. The molecule has 64 heavy (non-hydrogen) atoms. The SMILES string of the molecule is CO[C@H]1[C@@H](O)[C@@H](C)O[C@@H](O[C@H]2[C@@H](OC)C[C@H](O[C@H]3CC[C@@]4(C)C(=CC[C@H]5[C@@H]6C[C@@H](O[C@@H]7O[C@H](COS(=O)(=O)[O-])[C@@H](O)[C@H](O)[C@H]7O)[C@H](C(C)O)[C@@]6(C)CC[C@@H]54)C3)O[C@@H]2C)[C@@H]1OC(C)=O.[Na+]. The zero-order valence-corrected chi connectivity index (χ0v) is 41.2. The third kappa shape index (κ3) is 10.5. The molecule has 5 N–H and O–H groups in total. The van der Waals surface area contributed by atoms with Crippen LogP contribution in [0.15, 0.2) is 11.6 Å². The molecule has 0 bridgehead atoms. The van der Waals surface area contributed by atoms with Gasteiger partial charge in [0.15, 0.2) is 25.0 Å². The number of hydrogen-bond donors (Lipinski definition) is 5. The maximum atomic E-state index is 12.0. The number of hydrogen-bond acceptors (Lipinski definition) is 19.